The highest BCUT2D eigenvalue weighted by Crippen LogP contribution is 2.25. The molecule has 1 aromatic heterocycles. The van der Waals surface area contributed by atoms with Crippen molar-refractivity contribution in [2.24, 2.45) is 0 Å². The van der Waals surface area contributed by atoms with Crippen LogP contribution in [0.4, 0.5) is 19.0 Å². The number of anilines is 1. The number of aromatic nitrogens is 1. The van der Waals surface area contributed by atoms with E-state index >= 15 is 0 Å². The Balaban J connectivity index is 2.17. The van der Waals surface area contributed by atoms with Gasteiger partial charge in [-0.05, 0) is 51.3 Å². The molecule has 0 aliphatic heterocycles. The zero-order chi connectivity index (χ0) is 15.6. The largest absolute Gasteiger partial charge is 0.405 e. The molecule has 1 aromatic rings. The Morgan fingerprint density at radius 2 is 2.00 bits per heavy atom. The molecule has 1 aliphatic rings. The lowest BCUT2D eigenvalue weighted by Crippen LogP contribution is -2.39. The number of rotatable bonds is 6. The molecule has 1 heterocycles. The summed E-state index contributed by atoms with van der Waals surface area (Å²) in [5.41, 5.74) is 1.73. The third kappa shape index (κ3) is 5.19. The second-order valence-electron chi connectivity index (χ2n) is 5.97. The highest BCUT2D eigenvalue weighted by atomic mass is 19.4. The number of aryl methyl sites for hydroxylation is 1. The van der Waals surface area contributed by atoms with Crippen LogP contribution in [0.2, 0.25) is 0 Å². The van der Waals surface area contributed by atoms with Crippen molar-refractivity contribution in [2.45, 2.75) is 58.4 Å². The molecule has 0 atom stereocenters. The number of alkyl halides is 3. The summed E-state index contributed by atoms with van der Waals surface area (Å²) in [4.78, 5) is 5.58. The minimum Gasteiger partial charge on any atom is -0.345 e. The quantitative estimate of drug-likeness (QED) is 0.872. The first-order valence-electron chi connectivity index (χ1n) is 7.29. The molecule has 1 N–H and O–H groups in total. The third-order valence-corrected chi connectivity index (χ3v) is 3.44. The fourth-order valence-corrected chi connectivity index (χ4v) is 2.24. The number of halogens is 3. The van der Waals surface area contributed by atoms with Gasteiger partial charge in [0.1, 0.15) is 12.4 Å². The van der Waals surface area contributed by atoms with Crippen LogP contribution in [0.1, 0.15) is 37.9 Å². The summed E-state index contributed by atoms with van der Waals surface area (Å²) in [5, 5.41) is 3.38. The van der Waals surface area contributed by atoms with Crippen molar-refractivity contribution < 1.29 is 13.2 Å². The summed E-state index contributed by atoms with van der Waals surface area (Å²) >= 11 is 0. The lowest BCUT2D eigenvalue weighted by Gasteiger charge is -2.29. The van der Waals surface area contributed by atoms with E-state index in [-0.39, 0.29) is 6.04 Å². The van der Waals surface area contributed by atoms with Crippen molar-refractivity contribution in [3.63, 3.8) is 0 Å². The van der Waals surface area contributed by atoms with Crippen LogP contribution in [-0.2, 0) is 6.54 Å². The Hall–Kier alpha value is -1.30. The fourth-order valence-electron chi connectivity index (χ4n) is 2.24. The van der Waals surface area contributed by atoms with Crippen LogP contribution in [0.15, 0.2) is 12.1 Å². The van der Waals surface area contributed by atoms with Crippen LogP contribution in [0.3, 0.4) is 0 Å². The van der Waals surface area contributed by atoms with Crippen LogP contribution in [-0.4, -0.2) is 29.8 Å². The number of hydrogen-bond acceptors (Lipinski definition) is 3. The Bertz CT molecular complexity index is 482. The number of nitrogens with zero attached hydrogens (tertiary/aromatic N) is 2. The van der Waals surface area contributed by atoms with Crippen LogP contribution < -0.4 is 10.2 Å². The molecule has 6 heteroatoms. The first kappa shape index (κ1) is 16.1. The topological polar surface area (TPSA) is 28.2 Å². The van der Waals surface area contributed by atoms with Gasteiger partial charge in [-0.15, -0.1) is 0 Å². The van der Waals surface area contributed by atoms with E-state index in [1.165, 1.54) is 17.7 Å². The second kappa shape index (κ2) is 6.22. The van der Waals surface area contributed by atoms with Crippen molar-refractivity contribution in [2.75, 3.05) is 11.4 Å². The molecule has 0 spiro atoms. The minimum absolute atomic E-state index is 0.259. The lowest BCUT2D eigenvalue weighted by molar-refractivity contribution is -0.120. The molecule has 0 amide bonds. The molecule has 2 rings (SSSR count). The summed E-state index contributed by atoms with van der Waals surface area (Å²) in [6.07, 6.45) is -1.87. The summed E-state index contributed by atoms with van der Waals surface area (Å²) in [6.45, 7) is 5.02. The monoisotopic (exact) mass is 301 g/mol. The van der Waals surface area contributed by atoms with E-state index in [9.17, 15) is 13.2 Å². The zero-order valence-corrected chi connectivity index (χ0v) is 12.7. The average Bonchev–Trinajstić information content (AvgIpc) is 3.15. The van der Waals surface area contributed by atoms with Crippen molar-refractivity contribution in [3.8, 4) is 0 Å². The summed E-state index contributed by atoms with van der Waals surface area (Å²) in [5.74, 6) is 0.398. The van der Waals surface area contributed by atoms with Crippen LogP contribution >= 0.6 is 0 Å². The van der Waals surface area contributed by atoms with E-state index in [0.717, 1.165) is 11.3 Å². The molecule has 0 unspecified atom stereocenters. The Morgan fingerprint density at radius 1 is 1.33 bits per heavy atom. The fraction of sp³-hybridized carbons (Fsp3) is 0.667. The maximum Gasteiger partial charge on any atom is 0.405 e. The van der Waals surface area contributed by atoms with Crippen LogP contribution in [0.25, 0.3) is 0 Å². The van der Waals surface area contributed by atoms with Gasteiger partial charge in [0.05, 0.1) is 0 Å². The normalized spacial score (nSPS) is 15.6. The van der Waals surface area contributed by atoms with Gasteiger partial charge in [-0.3, -0.25) is 0 Å². The van der Waals surface area contributed by atoms with Gasteiger partial charge in [0, 0.05) is 24.3 Å². The molecule has 21 heavy (non-hydrogen) atoms. The Morgan fingerprint density at radius 3 is 2.52 bits per heavy atom. The third-order valence-electron chi connectivity index (χ3n) is 3.44. The van der Waals surface area contributed by atoms with Gasteiger partial charge >= 0.3 is 6.18 Å². The predicted octanol–water partition coefficient (Wildman–Crippen LogP) is 3.42. The van der Waals surface area contributed by atoms with Gasteiger partial charge in [0.25, 0.3) is 0 Å². The molecular weight excluding hydrogens is 279 g/mol. The minimum atomic E-state index is -4.23. The van der Waals surface area contributed by atoms with E-state index in [1.807, 2.05) is 13.0 Å². The van der Waals surface area contributed by atoms with Crippen molar-refractivity contribution in [1.29, 1.82) is 0 Å². The predicted molar refractivity (Wildman–Crippen MR) is 77.4 cm³/mol. The van der Waals surface area contributed by atoms with E-state index < -0.39 is 12.7 Å². The molecule has 3 nitrogen and oxygen atoms in total. The van der Waals surface area contributed by atoms with Crippen LogP contribution in [0, 0.1) is 6.92 Å². The van der Waals surface area contributed by atoms with E-state index in [2.05, 4.69) is 10.3 Å². The highest BCUT2D eigenvalue weighted by molar-refractivity contribution is 5.43. The molecule has 0 saturated heterocycles. The molecular formula is C15H22F3N3. The summed E-state index contributed by atoms with van der Waals surface area (Å²) < 4.78 is 38.2. The van der Waals surface area contributed by atoms with E-state index in [4.69, 9.17) is 0 Å². The number of hydrogen-bond donors (Lipinski definition) is 1. The summed E-state index contributed by atoms with van der Waals surface area (Å²) in [6, 6.07) is 3.99. The van der Waals surface area contributed by atoms with Gasteiger partial charge in [-0.2, -0.15) is 13.2 Å². The Kier molecular flexibility index (Phi) is 4.76. The first-order valence-corrected chi connectivity index (χ1v) is 7.29. The van der Waals surface area contributed by atoms with E-state index in [0.29, 0.717) is 18.4 Å². The van der Waals surface area contributed by atoms with Gasteiger partial charge in [-0.25, -0.2) is 4.98 Å². The van der Waals surface area contributed by atoms with Crippen LogP contribution in [0.5, 0.6) is 0 Å². The highest BCUT2D eigenvalue weighted by Gasteiger charge is 2.32. The molecule has 0 radical (unpaired) electrons. The van der Waals surface area contributed by atoms with E-state index in [1.54, 1.807) is 19.9 Å². The smallest absolute Gasteiger partial charge is 0.345 e. The number of pyridine rings is 1. The first-order chi connectivity index (χ1) is 9.74. The molecule has 0 aromatic carbocycles. The second-order valence-corrected chi connectivity index (χ2v) is 5.97. The standard InChI is InChI=1S/C15H22F3N3/c1-10(2)21(9-15(16,17)18)14-7-12(6-11(3)20-14)8-19-13-4-5-13/h6-7,10,13,19H,4-5,8-9H2,1-3H3. The molecule has 1 aliphatic carbocycles. The molecule has 1 fully saturated rings. The maximum absolute atomic E-state index is 12.7. The molecule has 0 bridgehead atoms. The van der Waals surface area contributed by atoms with Gasteiger partial charge in [-0.1, -0.05) is 0 Å². The maximum atomic E-state index is 12.7. The molecule has 1 saturated carbocycles. The van der Waals surface area contributed by atoms with Gasteiger partial charge < -0.3 is 10.2 Å². The number of nitrogens with one attached hydrogen (secondary N) is 1. The van der Waals surface area contributed by atoms with Gasteiger partial charge in [0.2, 0.25) is 0 Å². The van der Waals surface area contributed by atoms with Crippen molar-refractivity contribution >= 4 is 5.82 Å². The zero-order valence-electron chi connectivity index (χ0n) is 12.7. The SMILES string of the molecule is Cc1cc(CNC2CC2)cc(N(CC(F)(F)F)C(C)C)n1. The molecule has 118 valence electrons. The van der Waals surface area contributed by atoms with Crippen molar-refractivity contribution in [1.82, 2.24) is 10.3 Å². The average molecular weight is 301 g/mol. The Labute approximate surface area is 123 Å². The van der Waals surface area contributed by atoms with Crippen molar-refractivity contribution in [3.05, 3.63) is 23.4 Å². The summed E-state index contributed by atoms with van der Waals surface area (Å²) in [7, 11) is 0. The van der Waals surface area contributed by atoms with Gasteiger partial charge in [0.15, 0.2) is 0 Å². The lowest BCUT2D eigenvalue weighted by atomic mass is 10.2.